The number of hydrogen-bond acceptors (Lipinski definition) is 3. The summed E-state index contributed by atoms with van der Waals surface area (Å²) in [7, 11) is 1.92. The summed E-state index contributed by atoms with van der Waals surface area (Å²) in [6.45, 7) is 2.08. The monoisotopic (exact) mass is 314 g/mol. The van der Waals surface area contributed by atoms with Gasteiger partial charge in [0.25, 0.3) is 0 Å². The van der Waals surface area contributed by atoms with Crippen molar-refractivity contribution in [3.05, 3.63) is 72.3 Å². The lowest BCUT2D eigenvalue weighted by molar-refractivity contribution is 0.620. The van der Waals surface area contributed by atoms with Crippen LogP contribution >= 0.6 is 0 Å². The van der Waals surface area contributed by atoms with Crippen molar-refractivity contribution in [3.8, 4) is 22.6 Å². The molecule has 3 aromatic carbocycles. The predicted octanol–water partition coefficient (Wildman–Crippen LogP) is 5.51. The Balaban J connectivity index is 1.79. The number of nitrogens with zero attached hydrogens (tertiary/aromatic N) is 1. The zero-order valence-corrected chi connectivity index (χ0v) is 13.7. The topological polar surface area (TPSA) is 38.1 Å². The molecule has 0 aliphatic rings. The minimum Gasteiger partial charge on any atom is -0.436 e. The minimum absolute atomic E-state index is 0.645. The van der Waals surface area contributed by atoms with Gasteiger partial charge in [-0.15, -0.1) is 0 Å². The van der Waals surface area contributed by atoms with E-state index in [1.165, 1.54) is 11.1 Å². The average Bonchev–Trinajstić information content (AvgIpc) is 3.06. The maximum absolute atomic E-state index is 5.95. The zero-order valence-electron chi connectivity index (χ0n) is 13.7. The molecule has 1 heterocycles. The quantitative estimate of drug-likeness (QED) is 0.541. The highest BCUT2D eigenvalue weighted by Gasteiger charge is 2.10. The lowest BCUT2D eigenvalue weighted by atomic mass is 10.1. The van der Waals surface area contributed by atoms with Crippen molar-refractivity contribution in [2.75, 3.05) is 12.4 Å². The molecule has 0 bridgehead atoms. The molecule has 3 heteroatoms. The normalized spacial score (nSPS) is 10.9. The van der Waals surface area contributed by atoms with Gasteiger partial charge in [0, 0.05) is 18.3 Å². The summed E-state index contributed by atoms with van der Waals surface area (Å²) in [5, 5.41) is 3.20. The first kappa shape index (κ1) is 14.5. The largest absolute Gasteiger partial charge is 0.436 e. The first-order chi connectivity index (χ1) is 11.7. The summed E-state index contributed by atoms with van der Waals surface area (Å²) >= 11 is 0. The van der Waals surface area contributed by atoms with Crippen LogP contribution in [-0.2, 0) is 0 Å². The van der Waals surface area contributed by atoms with Gasteiger partial charge < -0.3 is 9.73 Å². The highest BCUT2D eigenvalue weighted by Crippen LogP contribution is 2.30. The highest BCUT2D eigenvalue weighted by atomic mass is 16.3. The Hall–Kier alpha value is -3.07. The molecule has 24 heavy (non-hydrogen) atoms. The fourth-order valence-electron chi connectivity index (χ4n) is 2.89. The summed E-state index contributed by atoms with van der Waals surface area (Å²) < 4.78 is 5.95. The number of rotatable bonds is 3. The number of fused-ring (bicyclic) bond motifs is 1. The Bertz CT molecular complexity index is 1000. The van der Waals surface area contributed by atoms with E-state index < -0.39 is 0 Å². The predicted molar refractivity (Wildman–Crippen MR) is 99.2 cm³/mol. The van der Waals surface area contributed by atoms with Gasteiger partial charge in [-0.1, -0.05) is 42.5 Å². The van der Waals surface area contributed by atoms with Crippen LogP contribution in [0.4, 0.5) is 5.69 Å². The van der Waals surface area contributed by atoms with Crippen LogP contribution in [0.1, 0.15) is 5.56 Å². The lowest BCUT2D eigenvalue weighted by Gasteiger charge is -2.05. The van der Waals surface area contributed by atoms with Crippen LogP contribution < -0.4 is 5.32 Å². The number of nitrogens with one attached hydrogen (secondary N) is 1. The molecule has 0 saturated carbocycles. The average molecular weight is 314 g/mol. The highest BCUT2D eigenvalue weighted by molar-refractivity contribution is 5.82. The summed E-state index contributed by atoms with van der Waals surface area (Å²) in [6, 6.07) is 22.6. The molecule has 4 aromatic rings. The second-order valence-corrected chi connectivity index (χ2v) is 5.85. The van der Waals surface area contributed by atoms with Crippen LogP contribution in [0.3, 0.4) is 0 Å². The number of aryl methyl sites for hydroxylation is 1. The molecule has 4 rings (SSSR count). The molecule has 1 N–H and O–H groups in total. The summed E-state index contributed by atoms with van der Waals surface area (Å²) in [5.74, 6) is 0.645. The molecule has 0 saturated heterocycles. The zero-order chi connectivity index (χ0) is 16.5. The molecule has 0 amide bonds. The van der Waals surface area contributed by atoms with Crippen LogP contribution in [0.15, 0.2) is 71.1 Å². The van der Waals surface area contributed by atoms with Gasteiger partial charge in [0.05, 0.1) is 0 Å². The van der Waals surface area contributed by atoms with E-state index in [-0.39, 0.29) is 0 Å². The number of anilines is 1. The maximum Gasteiger partial charge on any atom is 0.227 e. The Morgan fingerprint density at radius 2 is 1.62 bits per heavy atom. The van der Waals surface area contributed by atoms with Crippen LogP contribution in [0.2, 0.25) is 0 Å². The van der Waals surface area contributed by atoms with Crippen molar-refractivity contribution >= 4 is 16.8 Å². The van der Waals surface area contributed by atoms with Crippen LogP contribution in [0.25, 0.3) is 33.7 Å². The fraction of sp³-hybridized carbons (Fsp3) is 0.0952. The van der Waals surface area contributed by atoms with E-state index in [1.807, 2.05) is 37.4 Å². The molecule has 0 unspecified atom stereocenters. The van der Waals surface area contributed by atoms with Crippen molar-refractivity contribution < 1.29 is 4.42 Å². The van der Waals surface area contributed by atoms with Gasteiger partial charge >= 0.3 is 0 Å². The molecule has 0 fully saturated rings. The molecule has 0 atom stereocenters. The van der Waals surface area contributed by atoms with Gasteiger partial charge in [0.2, 0.25) is 5.89 Å². The first-order valence-electron chi connectivity index (χ1n) is 7.99. The second kappa shape index (κ2) is 5.85. The first-order valence-corrected chi connectivity index (χ1v) is 7.99. The molecule has 3 nitrogen and oxygen atoms in total. The summed E-state index contributed by atoms with van der Waals surface area (Å²) in [6.07, 6.45) is 0. The lowest BCUT2D eigenvalue weighted by Crippen LogP contribution is -1.91. The maximum atomic E-state index is 5.95. The molecule has 0 spiro atoms. The van der Waals surface area contributed by atoms with Gasteiger partial charge in [-0.3, -0.25) is 0 Å². The Morgan fingerprint density at radius 3 is 2.42 bits per heavy atom. The van der Waals surface area contributed by atoms with Crippen molar-refractivity contribution in [1.82, 2.24) is 4.98 Å². The van der Waals surface area contributed by atoms with E-state index >= 15 is 0 Å². The minimum atomic E-state index is 0.645. The van der Waals surface area contributed by atoms with E-state index in [0.29, 0.717) is 5.89 Å². The van der Waals surface area contributed by atoms with Gasteiger partial charge in [0.15, 0.2) is 5.58 Å². The number of aromatic nitrogens is 1. The third-order valence-corrected chi connectivity index (χ3v) is 4.25. The smallest absolute Gasteiger partial charge is 0.227 e. The third-order valence-electron chi connectivity index (χ3n) is 4.25. The van der Waals surface area contributed by atoms with Crippen molar-refractivity contribution in [1.29, 1.82) is 0 Å². The molecule has 0 radical (unpaired) electrons. The van der Waals surface area contributed by atoms with E-state index in [1.54, 1.807) is 0 Å². The molecular formula is C21H18N2O. The van der Waals surface area contributed by atoms with Gasteiger partial charge in [-0.05, 0) is 47.9 Å². The van der Waals surface area contributed by atoms with Crippen molar-refractivity contribution in [2.24, 2.45) is 0 Å². The van der Waals surface area contributed by atoms with E-state index in [0.717, 1.165) is 27.9 Å². The van der Waals surface area contributed by atoms with E-state index in [2.05, 4.69) is 53.6 Å². The van der Waals surface area contributed by atoms with Crippen LogP contribution in [0.5, 0.6) is 0 Å². The Kier molecular flexibility index (Phi) is 3.54. The van der Waals surface area contributed by atoms with Gasteiger partial charge in [-0.2, -0.15) is 0 Å². The van der Waals surface area contributed by atoms with Crippen molar-refractivity contribution in [2.45, 2.75) is 6.92 Å². The van der Waals surface area contributed by atoms with E-state index in [9.17, 15) is 0 Å². The van der Waals surface area contributed by atoms with Crippen molar-refractivity contribution in [3.63, 3.8) is 0 Å². The van der Waals surface area contributed by atoms with Gasteiger partial charge in [0.1, 0.15) is 5.52 Å². The second-order valence-electron chi connectivity index (χ2n) is 5.85. The number of oxazole rings is 1. The third kappa shape index (κ3) is 2.54. The molecule has 118 valence electrons. The number of benzene rings is 3. The molecule has 0 aliphatic carbocycles. The van der Waals surface area contributed by atoms with E-state index in [4.69, 9.17) is 4.42 Å². The molecule has 0 aliphatic heterocycles. The standard InChI is InChI=1S/C21H18N2O/c1-14-8-9-17(13-18(14)22-2)21-23-19-12-16(10-11-20(19)24-21)15-6-4-3-5-7-15/h3-13,22H,1-2H3. The fourth-order valence-corrected chi connectivity index (χ4v) is 2.89. The van der Waals surface area contributed by atoms with Crippen LogP contribution in [-0.4, -0.2) is 12.0 Å². The van der Waals surface area contributed by atoms with Gasteiger partial charge in [-0.25, -0.2) is 4.98 Å². The summed E-state index contributed by atoms with van der Waals surface area (Å²) in [5.41, 5.74) is 7.25. The molecule has 1 aromatic heterocycles. The Morgan fingerprint density at radius 1 is 0.833 bits per heavy atom. The number of hydrogen-bond donors (Lipinski definition) is 1. The Labute approximate surface area is 141 Å². The molecular weight excluding hydrogens is 296 g/mol. The summed E-state index contributed by atoms with van der Waals surface area (Å²) in [4.78, 5) is 4.68. The van der Waals surface area contributed by atoms with Crippen LogP contribution in [0, 0.1) is 6.92 Å². The SMILES string of the molecule is CNc1cc(-c2nc3cc(-c4ccccc4)ccc3o2)ccc1C.